The molecule has 0 spiro atoms. The van der Waals surface area contributed by atoms with E-state index in [1.807, 2.05) is 24.9 Å². The predicted molar refractivity (Wildman–Crippen MR) is 85.3 cm³/mol. The number of anilines is 1. The average Bonchev–Trinajstić information content (AvgIpc) is 2.92. The number of likely N-dealkylation sites (tertiary alicyclic amines) is 1. The highest BCUT2D eigenvalue weighted by Crippen LogP contribution is 2.18. The van der Waals surface area contributed by atoms with Crippen molar-refractivity contribution in [1.29, 1.82) is 0 Å². The van der Waals surface area contributed by atoms with Crippen LogP contribution in [0.3, 0.4) is 0 Å². The highest BCUT2D eigenvalue weighted by Gasteiger charge is 2.26. The van der Waals surface area contributed by atoms with Crippen molar-refractivity contribution in [1.82, 2.24) is 14.8 Å². The van der Waals surface area contributed by atoms with Crippen molar-refractivity contribution in [3.63, 3.8) is 0 Å². The average molecular weight is 290 g/mol. The molecule has 0 saturated carbocycles. The van der Waals surface area contributed by atoms with Crippen LogP contribution in [0.5, 0.6) is 0 Å². The molecule has 21 heavy (non-hydrogen) atoms. The van der Waals surface area contributed by atoms with E-state index >= 15 is 0 Å². The van der Waals surface area contributed by atoms with Crippen LogP contribution in [0.1, 0.15) is 42.7 Å². The summed E-state index contributed by atoms with van der Waals surface area (Å²) in [6.45, 7) is 7.16. The first-order chi connectivity index (χ1) is 10.0. The number of likely N-dealkylation sites (N-methyl/N-ethyl adjacent to an activating group) is 2. The molecule has 1 aromatic rings. The molecule has 116 valence electrons. The molecule has 2 rings (SSSR count). The van der Waals surface area contributed by atoms with Gasteiger partial charge in [-0.25, -0.2) is 4.98 Å². The van der Waals surface area contributed by atoms with Gasteiger partial charge in [0.25, 0.3) is 5.91 Å². The Morgan fingerprint density at radius 1 is 1.48 bits per heavy atom. The summed E-state index contributed by atoms with van der Waals surface area (Å²) in [4.78, 5) is 21.1. The Morgan fingerprint density at radius 3 is 2.90 bits per heavy atom. The van der Waals surface area contributed by atoms with Crippen molar-refractivity contribution in [3.05, 3.63) is 23.4 Å². The molecular weight excluding hydrogens is 264 g/mol. The number of hydrogen-bond donors (Lipinski definition) is 1. The van der Waals surface area contributed by atoms with Crippen LogP contribution < -0.4 is 5.73 Å². The molecule has 0 aromatic carbocycles. The van der Waals surface area contributed by atoms with E-state index in [9.17, 15) is 4.79 Å². The van der Waals surface area contributed by atoms with E-state index in [-0.39, 0.29) is 5.91 Å². The predicted octanol–water partition coefficient (Wildman–Crippen LogP) is 1.78. The number of aromatic nitrogens is 1. The molecule has 5 nitrogen and oxygen atoms in total. The number of hydrogen-bond acceptors (Lipinski definition) is 4. The fourth-order valence-corrected chi connectivity index (χ4v) is 3.05. The maximum absolute atomic E-state index is 12.6. The van der Waals surface area contributed by atoms with Gasteiger partial charge in [0.2, 0.25) is 0 Å². The first kappa shape index (κ1) is 15.8. The lowest BCUT2D eigenvalue weighted by Gasteiger charge is -2.28. The number of pyridine rings is 1. The summed E-state index contributed by atoms with van der Waals surface area (Å²) in [5.74, 6) is 0.448. The second-order valence-corrected chi connectivity index (χ2v) is 5.74. The summed E-state index contributed by atoms with van der Waals surface area (Å²) in [7, 11) is 1.87. The van der Waals surface area contributed by atoms with Gasteiger partial charge in [-0.05, 0) is 44.5 Å². The maximum Gasteiger partial charge on any atom is 0.253 e. The number of aryl methyl sites for hydroxylation is 1. The van der Waals surface area contributed by atoms with Crippen molar-refractivity contribution in [2.24, 2.45) is 0 Å². The van der Waals surface area contributed by atoms with Gasteiger partial charge in [-0.1, -0.05) is 13.8 Å². The lowest BCUT2D eigenvalue weighted by atomic mass is 10.1. The fourth-order valence-electron chi connectivity index (χ4n) is 3.05. The van der Waals surface area contributed by atoms with Crippen LogP contribution in [0.2, 0.25) is 0 Å². The van der Waals surface area contributed by atoms with Crippen LogP contribution in [0, 0.1) is 0 Å². The second-order valence-electron chi connectivity index (χ2n) is 5.74. The summed E-state index contributed by atoms with van der Waals surface area (Å²) >= 11 is 0. The van der Waals surface area contributed by atoms with Gasteiger partial charge in [-0.15, -0.1) is 0 Å². The molecule has 1 aliphatic rings. The Hall–Kier alpha value is -1.62. The van der Waals surface area contributed by atoms with Crippen molar-refractivity contribution in [2.45, 2.75) is 39.2 Å². The van der Waals surface area contributed by atoms with E-state index in [4.69, 9.17) is 5.73 Å². The molecule has 2 N–H and O–H groups in total. The molecule has 5 heteroatoms. The third-order valence-electron chi connectivity index (χ3n) is 4.24. The first-order valence-electron chi connectivity index (χ1n) is 7.81. The van der Waals surface area contributed by atoms with Gasteiger partial charge in [0.1, 0.15) is 5.82 Å². The lowest BCUT2D eigenvalue weighted by molar-refractivity contribution is 0.0754. The highest BCUT2D eigenvalue weighted by molar-refractivity contribution is 5.94. The van der Waals surface area contributed by atoms with Crippen molar-refractivity contribution >= 4 is 11.7 Å². The van der Waals surface area contributed by atoms with E-state index in [1.165, 1.54) is 12.8 Å². The zero-order chi connectivity index (χ0) is 15.4. The van der Waals surface area contributed by atoms with Crippen molar-refractivity contribution < 1.29 is 4.79 Å². The van der Waals surface area contributed by atoms with Gasteiger partial charge in [0, 0.05) is 30.9 Å². The summed E-state index contributed by atoms with van der Waals surface area (Å²) in [6, 6.07) is 4.00. The Labute approximate surface area is 127 Å². The zero-order valence-electron chi connectivity index (χ0n) is 13.3. The van der Waals surface area contributed by atoms with E-state index in [0.717, 1.165) is 31.7 Å². The van der Waals surface area contributed by atoms with Gasteiger partial charge in [-0.3, -0.25) is 9.69 Å². The van der Waals surface area contributed by atoms with E-state index in [1.54, 1.807) is 6.07 Å². The molecule has 1 aromatic heterocycles. The quantitative estimate of drug-likeness (QED) is 0.898. The molecule has 0 bridgehead atoms. The summed E-state index contributed by atoms with van der Waals surface area (Å²) in [5, 5.41) is 0. The monoisotopic (exact) mass is 290 g/mol. The third kappa shape index (κ3) is 3.73. The molecular formula is C16H26N4O. The molecule has 1 aliphatic heterocycles. The Balaban J connectivity index is 2.07. The number of amides is 1. The van der Waals surface area contributed by atoms with Gasteiger partial charge in [-0.2, -0.15) is 0 Å². The van der Waals surface area contributed by atoms with Gasteiger partial charge < -0.3 is 10.6 Å². The SMILES string of the molecule is CCc1cc(C(=O)N(C)CC2CCCN2CC)cc(N)n1. The first-order valence-corrected chi connectivity index (χ1v) is 7.81. The topological polar surface area (TPSA) is 62.5 Å². The number of nitrogens with two attached hydrogens (primary N) is 1. The van der Waals surface area contributed by atoms with E-state index < -0.39 is 0 Å². The van der Waals surface area contributed by atoms with Crippen molar-refractivity contribution in [3.8, 4) is 0 Å². The second kappa shape index (κ2) is 6.89. The third-order valence-corrected chi connectivity index (χ3v) is 4.24. The summed E-state index contributed by atoms with van der Waals surface area (Å²) in [5.41, 5.74) is 7.30. The molecule has 1 saturated heterocycles. The number of rotatable bonds is 5. The molecule has 2 heterocycles. The van der Waals surface area contributed by atoms with Gasteiger partial charge >= 0.3 is 0 Å². The molecule has 0 aliphatic carbocycles. The van der Waals surface area contributed by atoms with Crippen LogP contribution >= 0.6 is 0 Å². The largest absolute Gasteiger partial charge is 0.384 e. The number of carbonyl (C=O) groups is 1. The van der Waals surface area contributed by atoms with E-state index in [2.05, 4.69) is 16.8 Å². The van der Waals surface area contributed by atoms with Crippen LogP contribution in [0.25, 0.3) is 0 Å². The Bertz CT molecular complexity index is 503. The van der Waals surface area contributed by atoms with Gasteiger partial charge in [0.05, 0.1) is 0 Å². The minimum absolute atomic E-state index is 0.0294. The Kier molecular flexibility index (Phi) is 5.17. The number of nitrogens with zero attached hydrogens (tertiary/aromatic N) is 3. The smallest absolute Gasteiger partial charge is 0.253 e. The molecule has 0 radical (unpaired) electrons. The molecule has 1 fully saturated rings. The summed E-state index contributed by atoms with van der Waals surface area (Å²) in [6.07, 6.45) is 3.17. The normalized spacial score (nSPS) is 18.9. The standard InChI is InChI=1S/C16H26N4O/c1-4-13-9-12(10-15(17)18-13)16(21)19(3)11-14-7-6-8-20(14)5-2/h9-10,14H,4-8,11H2,1-3H3,(H2,17,18). The molecule has 1 amide bonds. The van der Waals surface area contributed by atoms with Crippen molar-refractivity contribution in [2.75, 3.05) is 32.4 Å². The van der Waals surface area contributed by atoms with Crippen LogP contribution in [0.15, 0.2) is 12.1 Å². The summed E-state index contributed by atoms with van der Waals surface area (Å²) < 4.78 is 0. The van der Waals surface area contributed by atoms with Crippen LogP contribution in [0.4, 0.5) is 5.82 Å². The van der Waals surface area contributed by atoms with Gasteiger partial charge in [0.15, 0.2) is 0 Å². The zero-order valence-corrected chi connectivity index (χ0v) is 13.3. The highest BCUT2D eigenvalue weighted by atomic mass is 16.2. The lowest BCUT2D eigenvalue weighted by Crippen LogP contribution is -2.41. The molecule has 1 unspecified atom stereocenters. The fraction of sp³-hybridized carbons (Fsp3) is 0.625. The minimum atomic E-state index is 0.0294. The number of carbonyl (C=O) groups excluding carboxylic acids is 1. The Morgan fingerprint density at radius 2 is 2.24 bits per heavy atom. The number of nitrogen functional groups attached to an aromatic ring is 1. The molecule has 1 atom stereocenters. The van der Waals surface area contributed by atoms with Crippen LogP contribution in [-0.2, 0) is 6.42 Å². The van der Waals surface area contributed by atoms with Crippen LogP contribution in [-0.4, -0.2) is 53.4 Å². The minimum Gasteiger partial charge on any atom is -0.384 e. The maximum atomic E-state index is 12.6. The van der Waals surface area contributed by atoms with E-state index in [0.29, 0.717) is 17.4 Å².